The van der Waals surface area contributed by atoms with Crippen LogP contribution in [0, 0.1) is 0 Å². The maximum Gasteiger partial charge on any atom is 0.258 e. The lowest BCUT2D eigenvalue weighted by molar-refractivity contribution is 0.102. The number of imidazole rings is 1. The predicted octanol–water partition coefficient (Wildman–Crippen LogP) is 3.48. The van der Waals surface area contributed by atoms with Crippen LogP contribution in [0.25, 0.3) is 16.9 Å². The third kappa shape index (κ3) is 3.31. The molecule has 7 nitrogen and oxygen atoms in total. The van der Waals surface area contributed by atoms with Crippen LogP contribution in [-0.4, -0.2) is 36.2 Å². The summed E-state index contributed by atoms with van der Waals surface area (Å²) >= 11 is 1.50. The number of nitrogens with one attached hydrogen (secondary N) is 2. The summed E-state index contributed by atoms with van der Waals surface area (Å²) in [5.74, 6) is 0.936. The van der Waals surface area contributed by atoms with E-state index in [1.807, 2.05) is 54.0 Å². The zero-order chi connectivity index (χ0) is 17.9. The molecule has 4 rings (SSSR count). The summed E-state index contributed by atoms with van der Waals surface area (Å²) < 4.78 is 1.89. The summed E-state index contributed by atoms with van der Waals surface area (Å²) in [6, 6.07) is 13.4. The van der Waals surface area contributed by atoms with E-state index < -0.39 is 0 Å². The van der Waals surface area contributed by atoms with Crippen LogP contribution < -0.4 is 5.32 Å². The fourth-order valence-corrected chi connectivity index (χ4v) is 3.07. The maximum atomic E-state index is 12.5. The summed E-state index contributed by atoms with van der Waals surface area (Å²) in [6.07, 6.45) is 3.76. The number of aromatic amines is 1. The first-order valence-corrected chi connectivity index (χ1v) is 9.12. The smallest absolute Gasteiger partial charge is 0.258 e. The largest absolute Gasteiger partial charge is 0.306 e. The number of aromatic nitrogens is 5. The van der Waals surface area contributed by atoms with E-state index in [9.17, 15) is 4.79 Å². The highest BCUT2D eigenvalue weighted by Crippen LogP contribution is 2.19. The average molecular weight is 364 g/mol. The molecule has 0 spiro atoms. The van der Waals surface area contributed by atoms with E-state index in [4.69, 9.17) is 0 Å². The second kappa shape index (κ2) is 7.01. The quantitative estimate of drug-likeness (QED) is 0.529. The minimum absolute atomic E-state index is 0.263. The van der Waals surface area contributed by atoms with Crippen molar-refractivity contribution >= 4 is 29.3 Å². The third-order valence-electron chi connectivity index (χ3n) is 3.76. The van der Waals surface area contributed by atoms with Gasteiger partial charge in [0.25, 0.3) is 5.91 Å². The molecule has 8 heteroatoms. The number of amides is 1. The molecule has 0 aliphatic carbocycles. The maximum absolute atomic E-state index is 12.5. The van der Waals surface area contributed by atoms with Crippen molar-refractivity contribution in [3.8, 4) is 11.3 Å². The molecule has 130 valence electrons. The van der Waals surface area contributed by atoms with Gasteiger partial charge in [-0.05, 0) is 17.9 Å². The fraction of sp³-hybridized carbons (Fsp3) is 0.111. The fourth-order valence-electron chi connectivity index (χ4n) is 2.55. The molecule has 1 amide bonds. The highest BCUT2D eigenvalue weighted by atomic mass is 32.2. The SMILES string of the molecule is CCSc1n[nH]c(NC(=O)c2ccn3cc(-c4ccccc4)nc3c2)n1. The van der Waals surface area contributed by atoms with Gasteiger partial charge in [0.1, 0.15) is 5.65 Å². The molecule has 3 heterocycles. The van der Waals surface area contributed by atoms with Gasteiger partial charge in [-0.15, -0.1) is 5.10 Å². The first-order valence-electron chi connectivity index (χ1n) is 8.13. The minimum Gasteiger partial charge on any atom is -0.306 e. The molecule has 0 bridgehead atoms. The van der Waals surface area contributed by atoms with Crippen LogP contribution in [0.2, 0.25) is 0 Å². The second-order valence-electron chi connectivity index (χ2n) is 5.53. The van der Waals surface area contributed by atoms with Crippen LogP contribution in [0.3, 0.4) is 0 Å². The Bertz CT molecular complexity index is 1060. The number of hydrogen-bond donors (Lipinski definition) is 2. The Hall–Kier alpha value is -3.13. The number of rotatable bonds is 5. The van der Waals surface area contributed by atoms with Gasteiger partial charge in [0.2, 0.25) is 11.1 Å². The van der Waals surface area contributed by atoms with Crippen LogP contribution in [0.5, 0.6) is 0 Å². The van der Waals surface area contributed by atoms with Crippen LogP contribution in [0.4, 0.5) is 5.95 Å². The van der Waals surface area contributed by atoms with Gasteiger partial charge in [0, 0.05) is 23.5 Å². The van der Waals surface area contributed by atoms with Crippen molar-refractivity contribution < 1.29 is 4.79 Å². The number of carbonyl (C=O) groups is 1. The number of pyridine rings is 1. The minimum atomic E-state index is -0.263. The molecule has 0 aliphatic rings. The van der Waals surface area contributed by atoms with E-state index >= 15 is 0 Å². The van der Waals surface area contributed by atoms with Crippen molar-refractivity contribution in [2.45, 2.75) is 12.1 Å². The van der Waals surface area contributed by atoms with Crippen molar-refractivity contribution in [1.82, 2.24) is 24.6 Å². The van der Waals surface area contributed by atoms with Crippen molar-refractivity contribution in [3.63, 3.8) is 0 Å². The summed E-state index contributed by atoms with van der Waals surface area (Å²) in [4.78, 5) is 21.3. The number of benzene rings is 1. The van der Waals surface area contributed by atoms with Crippen LogP contribution >= 0.6 is 11.8 Å². The molecule has 0 saturated carbocycles. The van der Waals surface area contributed by atoms with Gasteiger partial charge >= 0.3 is 0 Å². The number of H-pyrrole nitrogens is 1. The molecule has 0 unspecified atom stereocenters. The number of thioether (sulfide) groups is 1. The van der Waals surface area contributed by atoms with Gasteiger partial charge in [0.05, 0.1) is 5.69 Å². The lowest BCUT2D eigenvalue weighted by atomic mass is 10.2. The first-order chi connectivity index (χ1) is 12.7. The topological polar surface area (TPSA) is 88.0 Å². The second-order valence-corrected chi connectivity index (χ2v) is 6.76. The Kier molecular flexibility index (Phi) is 4.40. The molecule has 0 radical (unpaired) electrons. The Balaban J connectivity index is 1.57. The molecule has 2 N–H and O–H groups in total. The monoisotopic (exact) mass is 364 g/mol. The van der Waals surface area contributed by atoms with Gasteiger partial charge in [-0.3, -0.25) is 10.1 Å². The van der Waals surface area contributed by atoms with E-state index in [2.05, 4.69) is 25.5 Å². The van der Waals surface area contributed by atoms with E-state index in [0.29, 0.717) is 22.3 Å². The highest BCUT2D eigenvalue weighted by Gasteiger charge is 2.12. The normalized spacial score (nSPS) is 11.0. The molecule has 0 saturated heterocycles. The van der Waals surface area contributed by atoms with Gasteiger partial charge in [-0.2, -0.15) is 4.98 Å². The van der Waals surface area contributed by atoms with Crippen molar-refractivity contribution in [3.05, 3.63) is 60.4 Å². The molecular weight excluding hydrogens is 348 g/mol. The Labute approximate surface area is 153 Å². The highest BCUT2D eigenvalue weighted by molar-refractivity contribution is 7.99. The number of fused-ring (bicyclic) bond motifs is 1. The third-order valence-corrected chi connectivity index (χ3v) is 4.49. The Morgan fingerprint density at radius 1 is 1.23 bits per heavy atom. The van der Waals surface area contributed by atoms with Gasteiger partial charge in [-0.1, -0.05) is 49.0 Å². The molecular formula is C18H16N6OS. The van der Waals surface area contributed by atoms with Crippen LogP contribution in [0.1, 0.15) is 17.3 Å². The molecule has 0 fully saturated rings. The molecule has 3 aromatic heterocycles. The number of nitrogens with zero attached hydrogens (tertiary/aromatic N) is 4. The molecule has 1 aromatic carbocycles. The Morgan fingerprint density at radius 3 is 2.88 bits per heavy atom. The van der Waals surface area contributed by atoms with E-state index in [0.717, 1.165) is 17.0 Å². The molecule has 0 atom stereocenters. The van der Waals surface area contributed by atoms with E-state index in [1.165, 1.54) is 11.8 Å². The summed E-state index contributed by atoms with van der Waals surface area (Å²) in [5.41, 5.74) is 3.10. The number of anilines is 1. The van der Waals surface area contributed by atoms with Crippen LogP contribution in [-0.2, 0) is 0 Å². The van der Waals surface area contributed by atoms with Crippen LogP contribution in [0.15, 0.2) is 60.0 Å². The number of hydrogen-bond acceptors (Lipinski definition) is 5. The summed E-state index contributed by atoms with van der Waals surface area (Å²) in [7, 11) is 0. The Morgan fingerprint density at radius 2 is 2.08 bits per heavy atom. The van der Waals surface area contributed by atoms with Crippen molar-refractivity contribution in [2.24, 2.45) is 0 Å². The number of carbonyl (C=O) groups excluding carboxylic acids is 1. The average Bonchev–Trinajstić information content (AvgIpc) is 3.28. The van der Waals surface area contributed by atoms with E-state index in [1.54, 1.807) is 12.1 Å². The van der Waals surface area contributed by atoms with Crippen molar-refractivity contribution in [2.75, 3.05) is 11.1 Å². The van der Waals surface area contributed by atoms with Gasteiger partial charge in [0.15, 0.2) is 0 Å². The van der Waals surface area contributed by atoms with Gasteiger partial charge in [-0.25, -0.2) is 10.1 Å². The van der Waals surface area contributed by atoms with E-state index in [-0.39, 0.29) is 5.91 Å². The summed E-state index contributed by atoms with van der Waals surface area (Å²) in [5, 5.41) is 10.1. The predicted molar refractivity (Wildman–Crippen MR) is 101 cm³/mol. The first kappa shape index (κ1) is 16.3. The molecule has 4 aromatic rings. The zero-order valence-electron chi connectivity index (χ0n) is 14.0. The lowest BCUT2D eigenvalue weighted by Crippen LogP contribution is -2.13. The summed E-state index contributed by atoms with van der Waals surface area (Å²) in [6.45, 7) is 2.02. The molecule has 26 heavy (non-hydrogen) atoms. The van der Waals surface area contributed by atoms with Crippen molar-refractivity contribution in [1.29, 1.82) is 0 Å². The lowest BCUT2D eigenvalue weighted by Gasteiger charge is -2.01. The standard InChI is InChI=1S/C18H16N6OS/c1-2-26-18-21-17(22-23-18)20-16(25)13-8-9-24-11-14(19-15(24)10-13)12-6-4-3-5-7-12/h3-11H,2H2,1H3,(H2,20,21,22,23,25). The zero-order valence-corrected chi connectivity index (χ0v) is 14.8. The molecule has 0 aliphatic heterocycles. The van der Waals surface area contributed by atoms with Gasteiger partial charge < -0.3 is 4.40 Å².